The molecule has 1 saturated heterocycles. The van der Waals surface area contributed by atoms with Gasteiger partial charge in [0.25, 0.3) is 0 Å². The van der Waals surface area contributed by atoms with E-state index in [0.717, 1.165) is 19.4 Å². The zero-order valence-corrected chi connectivity index (χ0v) is 10.6. The molecule has 4 nitrogen and oxygen atoms in total. The normalized spacial score (nSPS) is 25.2. The highest BCUT2D eigenvalue weighted by Gasteiger charge is 2.31. The molecular formula is C11H21NO3S. The van der Waals surface area contributed by atoms with Gasteiger partial charge < -0.3 is 4.74 Å². The van der Waals surface area contributed by atoms with E-state index in [1.807, 2.05) is 6.92 Å². The number of sulfonamides is 1. The molecule has 1 aliphatic rings. The van der Waals surface area contributed by atoms with Crippen molar-refractivity contribution >= 4 is 10.0 Å². The van der Waals surface area contributed by atoms with Crippen LogP contribution in [0.15, 0.2) is 12.7 Å². The number of rotatable bonds is 6. The highest BCUT2D eigenvalue weighted by molar-refractivity contribution is 7.89. The predicted octanol–water partition coefficient (Wildman–Crippen LogP) is 1.42. The van der Waals surface area contributed by atoms with E-state index in [0.29, 0.717) is 12.8 Å². The lowest BCUT2D eigenvalue weighted by Crippen LogP contribution is -2.36. The van der Waals surface area contributed by atoms with E-state index >= 15 is 0 Å². The van der Waals surface area contributed by atoms with Gasteiger partial charge in [-0.15, -0.1) is 6.58 Å². The molecular weight excluding hydrogens is 226 g/mol. The summed E-state index contributed by atoms with van der Waals surface area (Å²) in [6, 6.07) is 0. The van der Waals surface area contributed by atoms with Crippen molar-refractivity contribution in [1.82, 2.24) is 0 Å². The molecule has 0 unspecified atom stereocenters. The van der Waals surface area contributed by atoms with E-state index in [1.54, 1.807) is 6.08 Å². The third kappa shape index (κ3) is 3.88. The van der Waals surface area contributed by atoms with Crippen molar-refractivity contribution in [3.63, 3.8) is 0 Å². The van der Waals surface area contributed by atoms with Gasteiger partial charge in [0, 0.05) is 6.61 Å². The van der Waals surface area contributed by atoms with Crippen LogP contribution in [0.4, 0.5) is 0 Å². The fraction of sp³-hybridized carbons (Fsp3) is 0.818. The number of nitrogens with two attached hydrogens (primary N) is 1. The molecule has 0 amide bonds. The van der Waals surface area contributed by atoms with E-state index in [4.69, 9.17) is 9.88 Å². The predicted molar refractivity (Wildman–Crippen MR) is 64.5 cm³/mol. The van der Waals surface area contributed by atoms with E-state index in [1.165, 1.54) is 0 Å². The summed E-state index contributed by atoms with van der Waals surface area (Å²) in [5.41, 5.74) is 0. The lowest BCUT2D eigenvalue weighted by Gasteiger charge is -2.23. The Kier molecular flexibility index (Phi) is 4.95. The van der Waals surface area contributed by atoms with Crippen molar-refractivity contribution in [3.8, 4) is 0 Å². The standard InChI is InChI=1S/C11H21NO3S/c1-3-5-9(2)11(16(12,13)14)8-10-6-4-7-15-10/h3,9-11H,1,4-8H2,2H3,(H2,12,13,14)/t9-,10-,11-/m0/s1. The molecule has 0 saturated carbocycles. The van der Waals surface area contributed by atoms with Crippen LogP contribution in [-0.4, -0.2) is 26.4 Å². The van der Waals surface area contributed by atoms with Gasteiger partial charge in [0.05, 0.1) is 11.4 Å². The van der Waals surface area contributed by atoms with Gasteiger partial charge in [-0.05, 0) is 31.6 Å². The zero-order valence-electron chi connectivity index (χ0n) is 9.76. The molecule has 1 heterocycles. The third-order valence-electron chi connectivity index (χ3n) is 3.11. The first-order valence-corrected chi connectivity index (χ1v) is 7.30. The SMILES string of the molecule is C=CC[C@H](C)[C@H](C[C@@H]1CCCO1)S(N)(=O)=O. The van der Waals surface area contributed by atoms with E-state index in [2.05, 4.69) is 6.58 Å². The number of hydrogen-bond acceptors (Lipinski definition) is 3. The molecule has 1 aliphatic heterocycles. The van der Waals surface area contributed by atoms with Gasteiger partial charge in [0.15, 0.2) is 0 Å². The summed E-state index contributed by atoms with van der Waals surface area (Å²) in [4.78, 5) is 0. The molecule has 1 fully saturated rings. The largest absolute Gasteiger partial charge is 0.378 e. The maximum Gasteiger partial charge on any atom is 0.212 e. The number of hydrogen-bond donors (Lipinski definition) is 1. The smallest absolute Gasteiger partial charge is 0.212 e. The van der Waals surface area contributed by atoms with Crippen molar-refractivity contribution in [2.75, 3.05) is 6.61 Å². The zero-order chi connectivity index (χ0) is 12.2. The number of allylic oxidation sites excluding steroid dienone is 1. The van der Waals surface area contributed by atoms with E-state index < -0.39 is 15.3 Å². The summed E-state index contributed by atoms with van der Waals surface area (Å²) in [5, 5.41) is 4.75. The topological polar surface area (TPSA) is 69.4 Å². The quantitative estimate of drug-likeness (QED) is 0.722. The maximum absolute atomic E-state index is 11.5. The summed E-state index contributed by atoms with van der Waals surface area (Å²) in [6.07, 6.45) is 4.90. The Bertz CT molecular complexity index is 320. The van der Waals surface area contributed by atoms with Crippen LogP contribution in [0.5, 0.6) is 0 Å². The second-order valence-corrected chi connectivity index (χ2v) is 6.28. The molecule has 0 spiro atoms. The Labute approximate surface area is 97.9 Å². The lowest BCUT2D eigenvalue weighted by molar-refractivity contribution is 0.0996. The summed E-state index contributed by atoms with van der Waals surface area (Å²) in [6.45, 7) is 6.26. The monoisotopic (exact) mass is 247 g/mol. The Morgan fingerprint density at radius 3 is 2.75 bits per heavy atom. The Balaban J connectivity index is 2.66. The van der Waals surface area contributed by atoms with Gasteiger partial charge in [0.2, 0.25) is 10.0 Å². The maximum atomic E-state index is 11.5. The number of primary sulfonamides is 1. The average molecular weight is 247 g/mol. The highest BCUT2D eigenvalue weighted by Crippen LogP contribution is 2.25. The molecule has 0 aromatic carbocycles. The summed E-state index contributed by atoms with van der Waals surface area (Å²) in [7, 11) is -3.50. The van der Waals surface area contributed by atoms with Crippen LogP contribution in [-0.2, 0) is 14.8 Å². The molecule has 0 radical (unpaired) electrons. The molecule has 0 aromatic rings. The first kappa shape index (κ1) is 13.7. The summed E-state index contributed by atoms with van der Waals surface area (Å²) < 4.78 is 28.5. The fourth-order valence-corrected chi connectivity index (χ4v) is 3.44. The minimum atomic E-state index is -3.50. The van der Waals surface area contributed by atoms with E-state index in [-0.39, 0.29) is 12.0 Å². The number of ether oxygens (including phenoxy) is 1. The highest BCUT2D eigenvalue weighted by atomic mass is 32.2. The first-order valence-electron chi connectivity index (χ1n) is 5.69. The van der Waals surface area contributed by atoms with Gasteiger partial charge in [-0.2, -0.15) is 0 Å². The van der Waals surface area contributed by atoms with Crippen molar-refractivity contribution in [2.24, 2.45) is 11.1 Å². The first-order chi connectivity index (χ1) is 7.45. The van der Waals surface area contributed by atoms with Crippen molar-refractivity contribution < 1.29 is 13.2 Å². The summed E-state index contributed by atoms with van der Waals surface area (Å²) in [5.74, 6) is -0.00306. The fourth-order valence-electron chi connectivity index (χ4n) is 2.19. The van der Waals surface area contributed by atoms with Crippen LogP contribution in [0.2, 0.25) is 0 Å². The third-order valence-corrected chi connectivity index (χ3v) is 4.62. The molecule has 5 heteroatoms. The van der Waals surface area contributed by atoms with Gasteiger partial charge in [-0.3, -0.25) is 0 Å². The van der Waals surface area contributed by atoms with Crippen LogP contribution in [0.1, 0.15) is 32.6 Å². The molecule has 0 bridgehead atoms. The molecule has 0 aromatic heterocycles. The Morgan fingerprint density at radius 2 is 2.31 bits per heavy atom. The molecule has 16 heavy (non-hydrogen) atoms. The van der Waals surface area contributed by atoms with E-state index in [9.17, 15) is 8.42 Å². The second-order valence-electron chi connectivity index (χ2n) is 4.50. The molecule has 0 aliphatic carbocycles. The lowest BCUT2D eigenvalue weighted by atomic mass is 9.98. The van der Waals surface area contributed by atoms with Crippen LogP contribution < -0.4 is 5.14 Å². The van der Waals surface area contributed by atoms with Gasteiger partial charge in [-0.1, -0.05) is 13.0 Å². The molecule has 3 atom stereocenters. The van der Waals surface area contributed by atoms with Gasteiger partial charge in [0.1, 0.15) is 0 Å². The minimum absolute atomic E-state index is 0.00306. The van der Waals surface area contributed by atoms with Crippen LogP contribution in [0, 0.1) is 5.92 Å². The van der Waals surface area contributed by atoms with Crippen LogP contribution in [0.25, 0.3) is 0 Å². The van der Waals surface area contributed by atoms with Crippen molar-refractivity contribution in [2.45, 2.75) is 44.0 Å². The minimum Gasteiger partial charge on any atom is -0.378 e. The Hall–Kier alpha value is -0.390. The van der Waals surface area contributed by atoms with Crippen molar-refractivity contribution in [3.05, 3.63) is 12.7 Å². The molecule has 1 rings (SSSR count). The van der Waals surface area contributed by atoms with Crippen molar-refractivity contribution in [1.29, 1.82) is 0 Å². The Morgan fingerprint density at radius 1 is 1.62 bits per heavy atom. The molecule has 94 valence electrons. The molecule has 2 N–H and O–H groups in total. The second kappa shape index (κ2) is 5.80. The van der Waals surface area contributed by atoms with Crippen LogP contribution >= 0.6 is 0 Å². The average Bonchev–Trinajstić information content (AvgIpc) is 2.64. The van der Waals surface area contributed by atoms with Crippen LogP contribution in [0.3, 0.4) is 0 Å². The van der Waals surface area contributed by atoms with Gasteiger partial charge >= 0.3 is 0 Å². The summed E-state index contributed by atoms with van der Waals surface area (Å²) >= 11 is 0. The van der Waals surface area contributed by atoms with Gasteiger partial charge in [-0.25, -0.2) is 13.6 Å².